The summed E-state index contributed by atoms with van der Waals surface area (Å²) in [5, 5.41) is 6.40. The van der Waals surface area contributed by atoms with Crippen LogP contribution < -0.4 is 30.3 Å². The molecule has 0 aliphatic carbocycles. The number of benzene rings is 2. The number of rotatable bonds is 5. The number of ether oxygens (including phenoxy) is 4. The second-order valence-corrected chi connectivity index (χ2v) is 9.84. The van der Waals surface area contributed by atoms with Crippen molar-refractivity contribution < 1.29 is 33.1 Å². The molecule has 2 aromatic rings. The van der Waals surface area contributed by atoms with Gasteiger partial charge in [-0.1, -0.05) is 6.07 Å². The number of nitrogens with one attached hydrogen (secondary N) is 2. The smallest absolute Gasteiger partial charge is 0.497 e. The molecule has 3 aliphatic heterocycles. The maximum atomic E-state index is 13.4. The van der Waals surface area contributed by atoms with Crippen molar-refractivity contribution in [3.8, 4) is 17.2 Å². The van der Waals surface area contributed by atoms with E-state index in [2.05, 4.69) is 10.6 Å². The third-order valence-corrected chi connectivity index (χ3v) is 7.10. The molecular weight excluding hydrogens is 451 g/mol. The van der Waals surface area contributed by atoms with E-state index in [9.17, 15) is 4.79 Å². The molecule has 1 amide bonds. The minimum absolute atomic E-state index is 0.0475. The van der Waals surface area contributed by atoms with Crippen LogP contribution in [0.2, 0.25) is 0 Å². The summed E-state index contributed by atoms with van der Waals surface area (Å²) in [6.45, 7) is 9.86. The number of anilines is 1. The van der Waals surface area contributed by atoms with Gasteiger partial charge in [-0.15, -0.1) is 0 Å². The fourth-order valence-electron chi connectivity index (χ4n) is 4.39. The van der Waals surface area contributed by atoms with E-state index in [1.54, 1.807) is 25.3 Å². The lowest BCUT2D eigenvalue weighted by molar-refractivity contribution is 0.00578. The van der Waals surface area contributed by atoms with Gasteiger partial charge in [0.05, 0.1) is 43.3 Å². The van der Waals surface area contributed by atoms with Crippen molar-refractivity contribution >= 4 is 24.2 Å². The molecule has 10 heteroatoms. The van der Waals surface area contributed by atoms with E-state index in [4.69, 9.17) is 28.3 Å². The molecule has 3 aliphatic rings. The van der Waals surface area contributed by atoms with Gasteiger partial charge in [0.1, 0.15) is 5.75 Å². The lowest BCUT2D eigenvalue weighted by Crippen LogP contribution is -2.41. The largest absolute Gasteiger partial charge is 0.498 e. The van der Waals surface area contributed by atoms with Crippen molar-refractivity contribution in [3.63, 3.8) is 0 Å². The van der Waals surface area contributed by atoms with Crippen LogP contribution in [0.5, 0.6) is 17.2 Å². The Morgan fingerprint density at radius 1 is 1.09 bits per heavy atom. The van der Waals surface area contributed by atoms with Crippen LogP contribution in [0.3, 0.4) is 0 Å². The molecule has 0 radical (unpaired) electrons. The van der Waals surface area contributed by atoms with Gasteiger partial charge in [0, 0.05) is 17.6 Å². The Kier molecular flexibility index (Phi) is 6.17. The second-order valence-electron chi connectivity index (χ2n) is 9.84. The lowest BCUT2D eigenvalue weighted by atomic mass is 9.78. The Bertz CT molecular complexity index is 1120. The molecule has 1 unspecified atom stereocenters. The van der Waals surface area contributed by atoms with Gasteiger partial charge >= 0.3 is 7.12 Å². The number of carbonyl (C=O) groups is 1. The van der Waals surface area contributed by atoms with E-state index in [0.717, 1.165) is 11.0 Å². The third-order valence-electron chi connectivity index (χ3n) is 7.10. The van der Waals surface area contributed by atoms with Crippen LogP contribution >= 0.6 is 0 Å². The number of methoxy groups -OCH3 is 1. The predicted molar refractivity (Wildman–Crippen MR) is 131 cm³/mol. The van der Waals surface area contributed by atoms with Gasteiger partial charge in [0.15, 0.2) is 11.5 Å². The fraction of sp³-hybridized carbons (Fsp3) is 0.480. The van der Waals surface area contributed by atoms with Gasteiger partial charge in [-0.2, -0.15) is 0 Å². The maximum Gasteiger partial charge on any atom is 0.498 e. The van der Waals surface area contributed by atoms with Gasteiger partial charge in [-0.3, -0.25) is 4.79 Å². The van der Waals surface area contributed by atoms with Crippen LogP contribution in [-0.4, -0.2) is 57.9 Å². The highest BCUT2D eigenvalue weighted by molar-refractivity contribution is 6.63. The summed E-state index contributed by atoms with van der Waals surface area (Å²) < 4.78 is 34.9. The van der Waals surface area contributed by atoms with E-state index in [0.29, 0.717) is 48.3 Å². The van der Waals surface area contributed by atoms with E-state index >= 15 is 0 Å². The molecule has 0 saturated carbocycles. The average Bonchev–Trinajstić information content (AvgIpc) is 3.41. The first kappa shape index (κ1) is 23.9. The summed E-state index contributed by atoms with van der Waals surface area (Å²) in [6, 6.07) is 8.92. The van der Waals surface area contributed by atoms with Crippen LogP contribution in [0, 0.1) is 0 Å². The maximum absolute atomic E-state index is 13.4. The first-order chi connectivity index (χ1) is 16.7. The topological polar surface area (TPSA) is 96.5 Å². The monoisotopic (exact) mass is 482 g/mol. The van der Waals surface area contributed by atoms with Gasteiger partial charge in [0.2, 0.25) is 6.79 Å². The van der Waals surface area contributed by atoms with Crippen LogP contribution in [0.1, 0.15) is 49.7 Å². The van der Waals surface area contributed by atoms with Gasteiger partial charge in [-0.05, 0) is 57.5 Å². The van der Waals surface area contributed by atoms with Crippen molar-refractivity contribution in [2.75, 3.05) is 39.0 Å². The fourth-order valence-corrected chi connectivity index (χ4v) is 4.39. The number of amides is 1. The van der Waals surface area contributed by atoms with Crippen LogP contribution in [0.4, 0.5) is 5.69 Å². The average molecular weight is 482 g/mol. The Labute approximate surface area is 205 Å². The molecular formula is C25H31BN2O7. The molecule has 1 atom stereocenters. The normalized spacial score (nSPS) is 22.2. The highest BCUT2D eigenvalue weighted by atomic mass is 16.7. The lowest BCUT2D eigenvalue weighted by Gasteiger charge is -2.32. The summed E-state index contributed by atoms with van der Waals surface area (Å²) in [5.41, 5.74) is 1.60. The minimum Gasteiger partial charge on any atom is -0.497 e. The van der Waals surface area contributed by atoms with Crippen molar-refractivity contribution in [3.05, 3.63) is 41.5 Å². The van der Waals surface area contributed by atoms with Gasteiger partial charge < -0.3 is 38.9 Å². The first-order valence-electron chi connectivity index (χ1n) is 11.8. The molecule has 0 spiro atoms. The standard InChI is InChI=1S/C25H31BN2O7/c1-24(2)25(3,4)35-26(34-24)18-8-9-19(22-21(18)32-14-33-22)28-23(29)16-7-6-15(30-5)12-17(16)20-13-31-11-10-27-20/h6-9,12,20,27H,10-11,13-14H2,1-5H3,(H,28,29). The number of fused-ring (bicyclic) bond motifs is 1. The Hall–Kier alpha value is -2.79. The molecule has 2 aromatic carbocycles. The molecule has 2 N–H and O–H groups in total. The van der Waals surface area contributed by atoms with Gasteiger partial charge in [0.25, 0.3) is 5.91 Å². The van der Waals surface area contributed by atoms with Gasteiger partial charge in [-0.25, -0.2) is 0 Å². The quantitative estimate of drug-likeness (QED) is 0.629. The van der Waals surface area contributed by atoms with Crippen LogP contribution in [0.15, 0.2) is 30.3 Å². The van der Waals surface area contributed by atoms with Crippen molar-refractivity contribution in [2.45, 2.75) is 44.9 Å². The van der Waals surface area contributed by atoms with Crippen molar-refractivity contribution in [2.24, 2.45) is 0 Å². The molecule has 5 rings (SSSR count). The summed E-state index contributed by atoms with van der Waals surface area (Å²) >= 11 is 0. The second kappa shape index (κ2) is 9.02. The molecule has 2 fully saturated rings. The molecule has 3 heterocycles. The summed E-state index contributed by atoms with van der Waals surface area (Å²) in [7, 11) is 0.997. The van der Waals surface area contributed by atoms with E-state index in [1.807, 2.05) is 39.8 Å². The molecule has 0 bridgehead atoms. The highest BCUT2D eigenvalue weighted by Crippen LogP contribution is 2.42. The van der Waals surface area contributed by atoms with Crippen molar-refractivity contribution in [1.82, 2.24) is 5.32 Å². The number of carbonyl (C=O) groups excluding carboxylic acids is 1. The van der Waals surface area contributed by atoms with E-state index < -0.39 is 18.3 Å². The Balaban J connectivity index is 1.43. The highest BCUT2D eigenvalue weighted by Gasteiger charge is 2.53. The number of hydrogen-bond acceptors (Lipinski definition) is 8. The third kappa shape index (κ3) is 4.36. The Morgan fingerprint density at radius 2 is 1.83 bits per heavy atom. The summed E-state index contributed by atoms with van der Waals surface area (Å²) in [6.07, 6.45) is 0. The number of hydrogen-bond donors (Lipinski definition) is 2. The molecule has 186 valence electrons. The summed E-state index contributed by atoms with van der Waals surface area (Å²) in [5.74, 6) is 1.38. The van der Waals surface area contributed by atoms with E-state index in [-0.39, 0.29) is 18.7 Å². The molecule has 0 aromatic heterocycles. The van der Waals surface area contributed by atoms with E-state index in [1.165, 1.54) is 0 Å². The van der Waals surface area contributed by atoms with Crippen LogP contribution in [0.25, 0.3) is 0 Å². The zero-order valence-corrected chi connectivity index (χ0v) is 20.7. The van der Waals surface area contributed by atoms with Crippen molar-refractivity contribution in [1.29, 1.82) is 0 Å². The van der Waals surface area contributed by atoms with Crippen LogP contribution in [-0.2, 0) is 14.0 Å². The Morgan fingerprint density at radius 3 is 2.51 bits per heavy atom. The number of morpholine rings is 1. The zero-order valence-electron chi connectivity index (χ0n) is 20.7. The zero-order chi connectivity index (χ0) is 24.8. The SMILES string of the molecule is COc1ccc(C(=O)Nc2ccc(B3OC(C)(C)C(C)(C)O3)c3c2OCO3)c(C2COCCN2)c1. The first-order valence-corrected chi connectivity index (χ1v) is 11.8. The summed E-state index contributed by atoms with van der Waals surface area (Å²) in [4.78, 5) is 13.4. The minimum atomic E-state index is -0.606. The predicted octanol–water partition coefficient (Wildman–Crippen LogP) is 2.64. The molecule has 2 saturated heterocycles. The molecule has 35 heavy (non-hydrogen) atoms. The molecule has 9 nitrogen and oxygen atoms in total.